The molecule has 1 N–H and O–H groups in total. The molecule has 2 heterocycles. The number of carbonyl (C=O) groups excluding carboxylic acids is 1. The van der Waals surface area contributed by atoms with Crippen molar-refractivity contribution in [3.8, 4) is 5.75 Å². The average molecular weight is 487 g/mol. The number of rotatable bonds is 6. The van der Waals surface area contributed by atoms with E-state index >= 15 is 0 Å². The van der Waals surface area contributed by atoms with E-state index < -0.39 is 11.7 Å². The standard InChI is InChI=1S/C29H27FN2O4/c1-19-10-11-22-21(16-29(34)36-26(22)14-19)15-28(33)31-12-13-32-17-20-6-2-5-9-25(20)35-27(18-32)23-7-3-4-8-24(23)30/h2-11,14,16,27H,12-13,15,17-18H2,1H3,(H,31,33)/t27-/m0/s1. The number of para-hydroxylation sites is 1. The number of nitrogens with one attached hydrogen (secondary N) is 1. The van der Waals surface area contributed by atoms with Gasteiger partial charge in [-0.1, -0.05) is 48.5 Å². The molecule has 7 heteroatoms. The van der Waals surface area contributed by atoms with Crippen molar-refractivity contribution in [1.29, 1.82) is 0 Å². The van der Waals surface area contributed by atoms with Crippen LogP contribution in [-0.2, 0) is 17.8 Å². The largest absolute Gasteiger partial charge is 0.484 e. The summed E-state index contributed by atoms with van der Waals surface area (Å²) in [5.41, 5.74) is 3.14. The van der Waals surface area contributed by atoms with E-state index in [1.165, 1.54) is 12.1 Å². The van der Waals surface area contributed by atoms with Gasteiger partial charge in [0.1, 0.15) is 23.3 Å². The molecule has 0 spiro atoms. The van der Waals surface area contributed by atoms with Crippen LogP contribution in [0.1, 0.15) is 28.4 Å². The molecular formula is C29H27FN2O4. The van der Waals surface area contributed by atoms with E-state index in [-0.39, 0.29) is 18.1 Å². The van der Waals surface area contributed by atoms with Crippen molar-refractivity contribution in [1.82, 2.24) is 10.2 Å². The predicted molar refractivity (Wildman–Crippen MR) is 135 cm³/mol. The second-order valence-electron chi connectivity index (χ2n) is 9.09. The second-order valence-corrected chi connectivity index (χ2v) is 9.09. The molecule has 3 aromatic carbocycles. The number of ether oxygens (including phenoxy) is 1. The molecule has 6 nitrogen and oxygen atoms in total. The Labute approximate surface area is 208 Å². The van der Waals surface area contributed by atoms with E-state index in [2.05, 4.69) is 10.2 Å². The fraction of sp³-hybridized carbons (Fsp3) is 0.241. The summed E-state index contributed by atoms with van der Waals surface area (Å²) in [4.78, 5) is 26.9. The summed E-state index contributed by atoms with van der Waals surface area (Å²) < 4.78 is 26.1. The van der Waals surface area contributed by atoms with E-state index in [1.54, 1.807) is 24.3 Å². The lowest BCUT2D eigenvalue weighted by Crippen LogP contribution is -2.37. The lowest BCUT2D eigenvalue weighted by molar-refractivity contribution is -0.120. The summed E-state index contributed by atoms with van der Waals surface area (Å²) >= 11 is 0. The highest BCUT2D eigenvalue weighted by molar-refractivity contribution is 5.87. The lowest BCUT2D eigenvalue weighted by Gasteiger charge is -2.24. The van der Waals surface area contributed by atoms with Crippen molar-refractivity contribution in [3.05, 3.63) is 111 Å². The third kappa shape index (κ3) is 5.31. The van der Waals surface area contributed by atoms with E-state index in [9.17, 15) is 14.0 Å². The molecule has 4 aromatic rings. The quantitative estimate of drug-likeness (QED) is 0.406. The van der Waals surface area contributed by atoms with Crippen LogP contribution in [0.5, 0.6) is 5.75 Å². The molecule has 0 fully saturated rings. The highest BCUT2D eigenvalue weighted by Crippen LogP contribution is 2.31. The molecule has 0 bridgehead atoms. The lowest BCUT2D eigenvalue weighted by atomic mass is 10.1. The maximum atomic E-state index is 14.6. The Morgan fingerprint density at radius 2 is 1.89 bits per heavy atom. The normalized spacial score (nSPS) is 15.7. The minimum absolute atomic E-state index is 0.0783. The molecule has 36 heavy (non-hydrogen) atoms. The number of hydrogen-bond acceptors (Lipinski definition) is 5. The fourth-order valence-corrected chi connectivity index (χ4v) is 4.62. The van der Waals surface area contributed by atoms with Crippen molar-refractivity contribution in [2.24, 2.45) is 0 Å². The molecule has 0 radical (unpaired) electrons. The Kier molecular flexibility index (Phi) is 6.82. The Bertz CT molecular complexity index is 1470. The highest BCUT2D eigenvalue weighted by atomic mass is 19.1. The molecule has 0 unspecified atom stereocenters. The number of benzene rings is 3. The van der Waals surface area contributed by atoms with Gasteiger partial charge >= 0.3 is 5.63 Å². The molecule has 1 atom stereocenters. The summed E-state index contributed by atoms with van der Waals surface area (Å²) in [5, 5.41) is 3.71. The van der Waals surface area contributed by atoms with Gasteiger partial charge in [0.05, 0.1) is 6.42 Å². The van der Waals surface area contributed by atoms with Gasteiger partial charge < -0.3 is 14.5 Å². The maximum Gasteiger partial charge on any atom is 0.336 e. The van der Waals surface area contributed by atoms with Crippen LogP contribution in [0, 0.1) is 12.7 Å². The Morgan fingerprint density at radius 1 is 1.08 bits per heavy atom. The topological polar surface area (TPSA) is 71.8 Å². The molecule has 0 saturated heterocycles. The maximum absolute atomic E-state index is 14.6. The molecule has 1 aliphatic heterocycles. The summed E-state index contributed by atoms with van der Waals surface area (Å²) in [6, 6.07) is 21.4. The van der Waals surface area contributed by atoms with Crippen molar-refractivity contribution < 1.29 is 18.3 Å². The molecule has 0 saturated carbocycles. The molecule has 0 aliphatic carbocycles. The van der Waals surface area contributed by atoms with Gasteiger partial charge in [-0.15, -0.1) is 0 Å². The molecule has 184 valence electrons. The van der Waals surface area contributed by atoms with Crippen LogP contribution in [0.25, 0.3) is 11.0 Å². The van der Waals surface area contributed by atoms with Gasteiger partial charge in [-0.05, 0) is 36.2 Å². The third-order valence-electron chi connectivity index (χ3n) is 6.40. The Morgan fingerprint density at radius 3 is 2.75 bits per heavy atom. The van der Waals surface area contributed by atoms with Crippen LogP contribution in [0.2, 0.25) is 0 Å². The number of aryl methyl sites for hydroxylation is 1. The smallest absolute Gasteiger partial charge is 0.336 e. The van der Waals surface area contributed by atoms with Gasteiger partial charge in [0.15, 0.2) is 0 Å². The number of halogens is 1. The van der Waals surface area contributed by atoms with Gasteiger partial charge in [-0.3, -0.25) is 9.69 Å². The number of carbonyl (C=O) groups is 1. The summed E-state index contributed by atoms with van der Waals surface area (Å²) in [7, 11) is 0. The van der Waals surface area contributed by atoms with Gasteiger partial charge in [0.25, 0.3) is 0 Å². The first kappa shape index (κ1) is 23.8. The van der Waals surface area contributed by atoms with Gasteiger partial charge in [0.2, 0.25) is 5.91 Å². The number of hydrogen-bond donors (Lipinski definition) is 1. The first-order chi connectivity index (χ1) is 17.5. The minimum atomic E-state index is -0.474. The first-order valence-corrected chi connectivity index (χ1v) is 12.0. The van der Waals surface area contributed by atoms with Crippen molar-refractivity contribution in [3.63, 3.8) is 0 Å². The number of amides is 1. The van der Waals surface area contributed by atoms with E-state index in [1.807, 2.05) is 43.3 Å². The SMILES string of the molecule is Cc1ccc2c(CC(=O)NCCN3Cc4ccccc4O[C@H](c4ccccc4F)C3)cc(=O)oc2c1. The monoisotopic (exact) mass is 486 g/mol. The second kappa shape index (κ2) is 10.3. The van der Waals surface area contributed by atoms with E-state index in [0.717, 1.165) is 22.3 Å². The zero-order chi connectivity index (χ0) is 25.1. The average Bonchev–Trinajstić information content (AvgIpc) is 3.03. The van der Waals surface area contributed by atoms with Crippen LogP contribution < -0.4 is 15.7 Å². The van der Waals surface area contributed by atoms with Crippen LogP contribution in [0.4, 0.5) is 4.39 Å². The summed E-state index contributed by atoms with van der Waals surface area (Å²) in [5.74, 6) is 0.256. The highest BCUT2D eigenvalue weighted by Gasteiger charge is 2.26. The van der Waals surface area contributed by atoms with Crippen LogP contribution >= 0.6 is 0 Å². The number of fused-ring (bicyclic) bond motifs is 2. The van der Waals surface area contributed by atoms with Gasteiger partial charge in [-0.25, -0.2) is 9.18 Å². The van der Waals surface area contributed by atoms with Crippen LogP contribution in [0.3, 0.4) is 0 Å². The summed E-state index contributed by atoms with van der Waals surface area (Å²) in [6.45, 7) is 3.99. The molecular weight excluding hydrogens is 459 g/mol. The van der Waals surface area contributed by atoms with Crippen molar-refractivity contribution in [2.45, 2.75) is 26.0 Å². The molecule has 1 aromatic heterocycles. The molecule has 1 amide bonds. The van der Waals surface area contributed by atoms with Crippen molar-refractivity contribution >= 4 is 16.9 Å². The van der Waals surface area contributed by atoms with Crippen LogP contribution in [0.15, 0.2) is 82.0 Å². The minimum Gasteiger partial charge on any atom is -0.484 e. The van der Waals surface area contributed by atoms with Crippen LogP contribution in [-0.4, -0.2) is 30.4 Å². The zero-order valence-electron chi connectivity index (χ0n) is 20.0. The Balaban J connectivity index is 1.26. The van der Waals surface area contributed by atoms with Crippen molar-refractivity contribution in [2.75, 3.05) is 19.6 Å². The zero-order valence-corrected chi connectivity index (χ0v) is 20.0. The number of nitrogens with zero attached hydrogens (tertiary/aromatic N) is 1. The van der Waals surface area contributed by atoms with Gasteiger partial charge in [0, 0.05) is 48.8 Å². The Hall–Kier alpha value is -3.97. The van der Waals surface area contributed by atoms with E-state index in [4.69, 9.17) is 9.15 Å². The molecule has 5 rings (SSSR count). The van der Waals surface area contributed by atoms with Gasteiger partial charge in [-0.2, -0.15) is 0 Å². The predicted octanol–water partition coefficient (Wildman–Crippen LogP) is 4.54. The fourth-order valence-electron chi connectivity index (χ4n) is 4.62. The molecule has 1 aliphatic rings. The van der Waals surface area contributed by atoms with E-state index in [0.29, 0.717) is 42.9 Å². The first-order valence-electron chi connectivity index (χ1n) is 12.0. The third-order valence-corrected chi connectivity index (χ3v) is 6.40. The summed E-state index contributed by atoms with van der Waals surface area (Å²) in [6.07, 6.45) is -0.390.